The SMILES string of the molecule is Cc1ccc(NC(C)c2ccc3c(c2)OCCO3)cc1O. The van der Waals surface area contributed by atoms with Gasteiger partial charge in [-0.15, -0.1) is 0 Å². The maximum Gasteiger partial charge on any atom is 0.161 e. The van der Waals surface area contributed by atoms with E-state index in [1.807, 2.05) is 37.3 Å². The molecule has 0 aliphatic carbocycles. The number of nitrogens with one attached hydrogen (secondary N) is 1. The summed E-state index contributed by atoms with van der Waals surface area (Å²) in [6, 6.07) is 11.7. The Morgan fingerprint density at radius 2 is 1.81 bits per heavy atom. The summed E-state index contributed by atoms with van der Waals surface area (Å²) in [5, 5.41) is 13.1. The third kappa shape index (κ3) is 2.89. The van der Waals surface area contributed by atoms with Crippen LogP contribution in [0.1, 0.15) is 24.1 Å². The van der Waals surface area contributed by atoms with E-state index < -0.39 is 0 Å². The van der Waals surface area contributed by atoms with Gasteiger partial charge in [0.25, 0.3) is 0 Å². The largest absolute Gasteiger partial charge is 0.508 e. The van der Waals surface area contributed by atoms with Crippen molar-refractivity contribution < 1.29 is 14.6 Å². The molecule has 1 aliphatic rings. The van der Waals surface area contributed by atoms with Crippen LogP contribution >= 0.6 is 0 Å². The van der Waals surface area contributed by atoms with Crippen LogP contribution in [0.3, 0.4) is 0 Å². The molecule has 0 radical (unpaired) electrons. The second-order valence-corrected chi connectivity index (χ2v) is 5.27. The molecule has 0 saturated heterocycles. The molecule has 1 aliphatic heterocycles. The van der Waals surface area contributed by atoms with Crippen LogP contribution in [0.15, 0.2) is 36.4 Å². The smallest absolute Gasteiger partial charge is 0.161 e. The number of anilines is 1. The fourth-order valence-electron chi connectivity index (χ4n) is 2.36. The molecule has 4 nitrogen and oxygen atoms in total. The van der Waals surface area contributed by atoms with Crippen molar-refractivity contribution in [3.8, 4) is 17.2 Å². The van der Waals surface area contributed by atoms with Crippen LogP contribution in [0.5, 0.6) is 17.2 Å². The molecule has 0 fully saturated rings. The Kier molecular flexibility index (Phi) is 3.60. The highest BCUT2D eigenvalue weighted by molar-refractivity contribution is 5.53. The topological polar surface area (TPSA) is 50.7 Å². The second-order valence-electron chi connectivity index (χ2n) is 5.27. The number of rotatable bonds is 3. The molecule has 21 heavy (non-hydrogen) atoms. The fourth-order valence-corrected chi connectivity index (χ4v) is 2.36. The van der Waals surface area contributed by atoms with Gasteiger partial charge in [0, 0.05) is 17.8 Å². The first-order valence-corrected chi connectivity index (χ1v) is 7.09. The molecule has 2 N–H and O–H groups in total. The Labute approximate surface area is 124 Å². The molecule has 1 heterocycles. The summed E-state index contributed by atoms with van der Waals surface area (Å²) >= 11 is 0. The van der Waals surface area contributed by atoms with Crippen LogP contribution in [0.4, 0.5) is 5.69 Å². The lowest BCUT2D eigenvalue weighted by molar-refractivity contribution is 0.171. The highest BCUT2D eigenvalue weighted by atomic mass is 16.6. The maximum atomic E-state index is 9.77. The van der Waals surface area contributed by atoms with E-state index in [1.54, 1.807) is 6.07 Å². The molecule has 0 bridgehead atoms. The standard InChI is InChI=1S/C17H19NO3/c1-11-3-5-14(10-15(11)19)18-12(2)13-4-6-16-17(9-13)21-8-7-20-16/h3-6,9-10,12,18-19H,7-8H2,1-2H3. The first-order valence-electron chi connectivity index (χ1n) is 7.09. The number of hydrogen-bond donors (Lipinski definition) is 2. The Morgan fingerprint density at radius 1 is 1.05 bits per heavy atom. The first kappa shape index (κ1) is 13.6. The Balaban J connectivity index is 1.78. The molecule has 0 amide bonds. The van der Waals surface area contributed by atoms with Gasteiger partial charge >= 0.3 is 0 Å². The van der Waals surface area contributed by atoms with Crippen LogP contribution in [0.2, 0.25) is 0 Å². The minimum Gasteiger partial charge on any atom is -0.508 e. The van der Waals surface area contributed by atoms with Crippen molar-refractivity contribution in [2.75, 3.05) is 18.5 Å². The molecule has 0 aromatic heterocycles. The van der Waals surface area contributed by atoms with Crippen LogP contribution in [-0.2, 0) is 0 Å². The Morgan fingerprint density at radius 3 is 2.57 bits per heavy atom. The molecule has 110 valence electrons. The van der Waals surface area contributed by atoms with Crippen LogP contribution in [-0.4, -0.2) is 18.3 Å². The lowest BCUT2D eigenvalue weighted by atomic mass is 10.1. The number of phenolic OH excluding ortho intramolecular Hbond substituents is 1. The Bertz CT molecular complexity index is 654. The fraction of sp³-hybridized carbons (Fsp3) is 0.294. The van der Waals surface area contributed by atoms with E-state index in [2.05, 4.69) is 12.2 Å². The average Bonchev–Trinajstić information content (AvgIpc) is 2.50. The number of phenols is 1. The number of aromatic hydroxyl groups is 1. The lowest BCUT2D eigenvalue weighted by Gasteiger charge is -2.21. The van der Waals surface area contributed by atoms with Gasteiger partial charge in [0.15, 0.2) is 11.5 Å². The van der Waals surface area contributed by atoms with Gasteiger partial charge in [0.05, 0.1) is 0 Å². The van der Waals surface area contributed by atoms with E-state index in [1.165, 1.54) is 0 Å². The molecular weight excluding hydrogens is 266 g/mol. The quantitative estimate of drug-likeness (QED) is 0.904. The van der Waals surface area contributed by atoms with Crippen molar-refractivity contribution in [1.82, 2.24) is 0 Å². The maximum absolute atomic E-state index is 9.77. The second kappa shape index (κ2) is 5.56. The van der Waals surface area contributed by atoms with E-state index in [9.17, 15) is 5.11 Å². The van der Waals surface area contributed by atoms with Crippen molar-refractivity contribution in [3.05, 3.63) is 47.5 Å². The number of ether oxygens (including phenoxy) is 2. The van der Waals surface area contributed by atoms with Crippen molar-refractivity contribution in [3.63, 3.8) is 0 Å². The summed E-state index contributed by atoms with van der Waals surface area (Å²) < 4.78 is 11.1. The summed E-state index contributed by atoms with van der Waals surface area (Å²) in [7, 11) is 0. The van der Waals surface area contributed by atoms with Gasteiger partial charge in [-0.2, -0.15) is 0 Å². The van der Waals surface area contributed by atoms with Gasteiger partial charge in [-0.25, -0.2) is 0 Å². The third-order valence-electron chi connectivity index (χ3n) is 3.66. The van der Waals surface area contributed by atoms with Crippen molar-refractivity contribution >= 4 is 5.69 Å². The molecule has 3 rings (SSSR count). The minimum absolute atomic E-state index is 0.0999. The van der Waals surface area contributed by atoms with E-state index in [-0.39, 0.29) is 6.04 Å². The molecule has 2 aromatic rings. The normalized spacial score (nSPS) is 14.6. The number of benzene rings is 2. The predicted molar refractivity (Wildman–Crippen MR) is 82.3 cm³/mol. The molecule has 0 saturated carbocycles. The van der Waals surface area contributed by atoms with Crippen LogP contribution < -0.4 is 14.8 Å². The highest BCUT2D eigenvalue weighted by Gasteiger charge is 2.14. The Hall–Kier alpha value is -2.36. The summed E-state index contributed by atoms with van der Waals surface area (Å²) in [6.07, 6.45) is 0. The highest BCUT2D eigenvalue weighted by Crippen LogP contribution is 2.33. The minimum atomic E-state index is 0.0999. The molecule has 1 unspecified atom stereocenters. The molecule has 4 heteroatoms. The van der Waals surface area contributed by atoms with E-state index in [0.29, 0.717) is 19.0 Å². The molecule has 2 aromatic carbocycles. The zero-order chi connectivity index (χ0) is 14.8. The van der Waals surface area contributed by atoms with Gasteiger partial charge in [-0.3, -0.25) is 0 Å². The predicted octanol–water partition coefficient (Wildman–Crippen LogP) is 3.64. The van der Waals surface area contributed by atoms with Crippen molar-refractivity contribution in [2.45, 2.75) is 19.9 Å². The molecule has 0 spiro atoms. The van der Waals surface area contributed by atoms with Crippen molar-refractivity contribution in [1.29, 1.82) is 0 Å². The summed E-state index contributed by atoms with van der Waals surface area (Å²) in [4.78, 5) is 0. The summed E-state index contributed by atoms with van der Waals surface area (Å²) in [5.41, 5.74) is 2.87. The monoisotopic (exact) mass is 285 g/mol. The van der Waals surface area contributed by atoms with Gasteiger partial charge in [0.1, 0.15) is 19.0 Å². The van der Waals surface area contributed by atoms with Gasteiger partial charge in [-0.1, -0.05) is 12.1 Å². The van der Waals surface area contributed by atoms with E-state index in [4.69, 9.17) is 9.47 Å². The van der Waals surface area contributed by atoms with Crippen molar-refractivity contribution in [2.24, 2.45) is 0 Å². The summed E-state index contributed by atoms with van der Waals surface area (Å²) in [6.45, 7) is 5.14. The van der Waals surface area contributed by atoms with Crippen LogP contribution in [0.25, 0.3) is 0 Å². The number of hydrogen-bond acceptors (Lipinski definition) is 4. The van der Waals surface area contributed by atoms with Gasteiger partial charge in [-0.05, 0) is 43.2 Å². The third-order valence-corrected chi connectivity index (χ3v) is 3.66. The lowest BCUT2D eigenvalue weighted by Crippen LogP contribution is -2.16. The number of aryl methyl sites for hydroxylation is 1. The zero-order valence-corrected chi connectivity index (χ0v) is 12.2. The zero-order valence-electron chi connectivity index (χ0n) is 12.2. The molecule has 1 atom stereocenters. The molecular formula is C17H19NO3. The first-order chi connectivity index (χ1) is 10.1. The van der Waals surface area contributed by atoms with Crippen LogP contribution in [0, 0.1) is 6.92 Å². The van der Waals surface area contributed by atoms with Gasteiger partial charge < -0.3 is 19.9 Å². The number of fused-ring (bicyclic) bond motifs is 1. The van der Waals surface area contributed by atoms with Gasteiger partial charge in [0.2, 0.25) is 0 Å². The van der Waals surface area contributed by atoms with E-state index >= 15 is 0 Å². The van der Waals surface area contributed by atoms with E-state index in [0.717, 1.165) is 28.3 Å². The summed E-state index contributed by atoms with van der Waals surface area (Å²) in [5.74, 6) is 1.89. The average molecular weight is 285 g/mol.